The van der Waals surface area contributed by atoms with Gasteiger partial charge in [0.05, 0.1) is 57.2 Å². The van der Waals surface area contributed by atoms with Crippen molar-refractivity contribution in [2.75, 3.05) is 23.8 Å². The van der Waals surface area contributed by atoms with Crippen LogP contribution in [0.2, 0.25) is 5.02 Å². The third-order valence-electron chi connectivity index (χ3n) is 8.59. The van der Waals surface area contributed by atoms with Gasteiger partial charge in [0.15, 0.2) is 15.7 Å². The number of hydrogen-bond donors (Lipinski definition) is 3. The Morgan fingerprint density at radius 3 is 2.27 bits per heavy atom. The van der Waals surface area contributed by atoms with Gasteiger partial charge in [-0.15, -0.1) is 0 Å². The standard InChI is InChI=1S/C36H33ClF2N6O8S2/c1-44-32-30(11-10-27(37)31(32)33(42-44)43-55(51,52)13-12-20-4-7-25(53-2)8-5-20)45-34(29(41-36(47)48)17-22-14-23(38)18-24(39)15-22)40-28-16-21(19-54(3,49)50)6-9-26(28)35(45)46/h4-11,14-16,18,29,41H,12-13,17,19H2,1-3H3,(H,42,43)(H,47,48)/t29-/m0/s1. The predicted molar refractivity (Wildman–Crippen MR) is 203 cm³/mol. The van der Waals surface area contributed by atoms with E-state index in [2.05, 4.69) is 20.1 Å². The number of rotatable bonds is 13. The van der Waals surface area contributed by atoms with Crippen LogP contribution < -0.4 is 20.3 Å². The highest BCUT2D eigenvalue weighted by Crippen LogP contribution is 2.36. The smallest absolute Gasteiger partial charge is 0.405 e. The molecule has 6 rings (SSSR count). The number of fused-ring (bicyclic) bond motifs is 2. The van der Waals surface area contributed by atoms with Gasteiger partial charge in [0, 0.05) is 25.8 Å². The van der Waals surface area contributed by atoms with E-state index in [1.807, 2.05) is 0 Å². The number of aromatic nitrogens is 4. The van der Waals surface area contributed by atoms with E-state index < -0.39 is 49.2 Å². The van der Waals surface area contributed by atoms with Gasteiger partial charge in [0.25, 0.3) is 5.56 Å². The number of sulfonamides is 1. The topological polar surface area (TPSA) is 192 Å². The Hall–Kier alpha value is -5.59. The molecule has 55 heavy (non-hydrogen) atoms. The van der Waals surface area contributed by atoms with E-state index in [-0.39, 0.29) is 74.1 Å². The molecule has 0 aliphatic heterocycles. The van der Waals surface area contributed by atoms with Crippen molar-refractivity contribution in [2.45, 2.75) is 24.6 Å². The van der Waals surface area contributed by atoms with Gasteiger partial charge in [0.1, 0.15) is 23.2 Å². The fourth-order valence-corrected chi connectivity index (χ4v) is 8.35. The number of carboxylic acid groups (broad SMARTS) is 1. The van der Waals surface area contributed by atoms with Crippen LogP contribution in [0.3, 0.4) is 0 Å². The number of amides is 1. The lowest BCUT2D eigenvalue weighted by atomic mass is 10.0. The molecule has 19 heteroatoms. The Morgan fingerprint density at radius 2 is 1.64 bits per heavy atom. The van der Waals surface area contributed by atoms with Gasteiger partial charge in [-0.2, -0.15) is 5.10 Å². The number of carbonyl (C=O) groups is 1. The molecule has 0 spiro atoms. The quantitative estimate of drug-likeness (QED) is 0.138. The van der Waals surface area contributed by atoms with Gasteiger partial charge in [0.2, 0.25) is 10.0 Å². The Bertz CT molecular complexity index is 2740. The average Bonchev–Trinajstić information content (AvgIpc) is 3.41. The van der Waals surface area contributed by atoms with E-state index in [1.165, 1.54) is 49.2 Å². The third-order valence-corrected chi connectivity index (χ3v) is 11.0. The van der Waals surface area contributed by atoms with Crippen LogP contribution in [0.4, 0.5) is 19.4 Å². The van der Waals surface area contributed by atoms with Gasteiger partial charge >= 0.3 is 6.09 Å². The average molecular weight is 815 g/mol. The molecule has 14 nitrogen and oxygen atoms in total. The van der Waals surface area contributed by atoms with E-state index in [0.29, 0.717) is 17.4 Å². The van der Waals surface area contributed by atoms with Crippen molar-refractivity contribution in [2.24, 2.45) is 7.05 Å². The minimum absolute atomic E-state index is 0.0107. The minimum atomic E-state index is -4.03. The summed E-state index contributed by atoms with van der Waals surface area (Å²) in [6.07, 6.45) is -0.747. The number of anilines is 1. The highest BCUT2D eigenvalue weighted by Gasteiger charge is 2.28. The molecule has 2 heterocycles. The van der Waals surface area contributed by atoms with Crippen molar-refractivity contribution < 1.29 is 40.3 Å². The van der Waals surface area contributed by atoms with Gasteiger partial charge in [-0.05, 0) is 71.6 Å². The fourth-order valence-electron chi connectivity index (χ4n) is 6.28. The van der Waals surface area contributed by atoms with E-state index >= 15 is 0 Å². The molecule has 1 atom stereocenters. The molecule has 0 saturated carbocycles. The number of methoxy groups -OCH3 is 1. The zero-order valence-electron chi connectivity index (χ0n) is 29.4. The van der Waals surface area contributed by atoms with Crippen LogP contribution >= 0.6 is 11.6 Å². The monoisotopic (exact) mass is 814 g/mol. The summed E-state index contributed by atoms with van der Waals surface area (Å²) >= 11 is 6.67. The second-order valence-corrected chi connectivity index (χ2v) is 17.2. The number of benzene rings is 4. The summed E-state index contributed by atoms with van der Waals surface area (Å²) in [6.45, 7) is 0. The largest absolute Gasteiger partial charge is 0.497 e. The molecule has 4 aromatic carbocycles. The van der Waals surface area contributed by atoms with Crippen LogP contribution in [0.25, 0.3) is 27.5 Å². The molecule has 0 unspecified atom stereocenters. The molecule has 6 aromatic rings. The summed E-state index contributed by atoms with van der Waals surface area (Å²) in [7, 11) is -4.54. The van der Waals surface area contributed by atoms with Crippen molar-refractivity contribution in [3.05, 3.63) is 122 Å². The lowest BCUT2D eigenvalue weighted by molar-refractivity contribution is 0.189. The number of halogens is 3. The molecule has 0 fully saturated rings. The second-order valence-electron chi connectivity index (χ2n) is 12.8. The number of sulfone groups is 1. The van der Waals surface area contributed by atoms with Crippen molar-refractivity contribution in [1.29, 1.82) is 0 Å². The van der Waals surface area contributed by atoms with E-state index in [4.69, 9.17) is 16.3 Å². The Balaban J connectivity index is 1.53. The van der Waals surface area contributed by atoms with Crippen LogP contribution in [0.1, 0.15) is 28.6 Å². The van der Waals surface area contributed by atoms with Crippen LogP contribution in [0.15, 0.2) is 77.6 Å². The first-order chi connectivity index (χ1) is 25.9. The number of ether oxygens (including phenoxy) is 1. The summed E-state index contributed by atoms with van der Waals surface area (Å²) in [5.74, 6) is -2.33. The highest BCUT2D eigenvalue weighted by molar-refractivity contribution is 7.92. The van der Waals surface area contributed by atoms with Gasteiger partial charge in [-0.25, -0.2) is 35.4 Å². The molecular formula is C36H33ClF2N6O8S2. The normalized spacial score (nSPS) is 12.5. The predicted octanol–water partition coefficient (Wildman–Crippen LogP) is 5.29. The molecule has 288 valence electrons. The van der Waals surface area contributed by atoms with Crippen LogP contribution in [0, 0.1) is 11.6 Å². The SMILES string of the molecule is COc1ccc(CCS(=O)(=O)Nc2nn(C)c3c(-n4c([C@H](Cc5cc(F)cc(F)c5)NC(=O)O)nc5cc(CS(C)(=O)=O)ccc5c4=O)ccc(Cl)c23)cc1. The second kappa shape index (κ2) is 15.3. The first-order valence-electron chi connectivity index (χ1n) is 16.4. The lowest BCUT2D eigenvalue weighted by Crippen LogP contribution is -2.35. The Morgan fingerprint density at radius 1 is 0.964 bits per heavy atom. The first-order valence-corrected chi connectivity index (χ1v) is 20.5. The van der Waals surface area contributed by atoms with E-state index in [0.717, 1.165) is 28.5 Å². The van der Waals surface area contributed by atoms with Gasteiger partial charge in [-0.3, -0.25) is 18.8 Å². The highest BCUT2D eigenvalue weighted by atomic mass is 35.5. The van der Waals surface area contributed by atoms with Gasteiger partial charge in [-0.1, -0.05) is 29.8 Å². The molecule has 0 bridgehead atoms. The van der Waals surface area contributed by atoms with Crippen molar-refractivity contribution >= 4 is 65.2 Å². The van der Waals surface area contributed by atoms with Gasteiger partial charge < -0.3 is 15.2 Å². The minimum Gasteiger partial charge on any atom is -0.497 e. The maximum Gasteiger partial charge on any atom is 0.405 e. The van der Waals surface area contributed by atoms with E-state index in [1.54, 1.807) is 24.3 Å². The maximum absolute atomic E-state index is 14.6. The molecule has 2 aromatic heterocycles. The maximum atomic E-state index is 14.6. The first kappa shape index (κ1) is 39.1. The number of hydrogen-bond acceptors (Lipinski definition) is 9. The van der Waals surface area contributed by atoms with Crippen molar-refractivity contribution in [1.82, 2.24) is 24.6 Å². The molecule has 1 amide bonds. The van der Waals surface area contributed by atoms with Crippen LogP contribution in [-0.4, -0.2) is 66.5 Å². The fraction of sp³-hybridized carbons (Fsp3) is 0.222. The van der Waals surface area contributed by atoms with Crippen LogP contribution in [0.5, 0.6) is 5.75 Å². The molecule has 3 N–H and O–H groups in total. The zero-order chi connectivity index (χ0) is 39.8. The third kappa shape index (κ3) is 8.87. The lowest BCUT2D eigenvalue weighted by Gasteiger charge is -2.23. The Kier molecular flexibility index (Phi) is 10.9. The molecular weight excluding hydrogens is 782 g/mol. The Labute approximate surface area is 318 Å². The summed E-state index contributed by atoms with van der Waals surface area (Å²) in [6, 6.07) is 15.2. The summed E-state index contributed by atoms with van der Waals surface area (Å²) in [4.78, 5) is 31.4. The molecule has 0 aliphatic rings. The molecule has 0 radical (unpaired) electrons. The van der Waals surface area contributed by atoms with Crippen molar-refractivity contribution in [3.8, 4) is 11.4 Å². The molecule has 0 aliphatic carbocycles. The molecule has 0 saturated heterocycles. The zero-order valence-corrected chi connectivity index (χ0v) is 31.8. The summed E-state index contributed by atoms with van der Waals surface area (Å²) < 4.78 is 89.5. The van der Waals surface area contributed by atoms with E-state index in [9.17, 15) is 40.3 Å². The number of nitrogens with one attached hydrogen (secondary N) is 2. The number of nitrogens with zero attached hydrogens (tertiary/aromatic N) is 4. The number of aryl methyl sites for hydroxylation is 2. The summed E-state index contributed by atoms with van der Waals surface area (Å²) in [5.41, 5.74) is 0.531. The summed E-state index contributed by atoms with van der Waals surface area (Å²) in [5, 5.41) is 16.8. The van der Waals surface area contributed by atoms with Crippen LogP contribution in [-0.2, 0) is 45.5 Å². The van der Waals surface area contributed by atoms with Crippen molar-refractivity contribution in [3.63, 3.8) is 0 Å².